The summed E-state index contributed by atoms with van der Waals surface area (Å²) in [4.78, 5) is 24.5. The summed E-state index contributed by atoms with van der Waals surface area (Å²) in [6.45, 7) is 0. The summed E-state index contributed by atoms with van der Waals surface area (Å²) in [6, 6.07) is 28.7. The normalized spacial score (nSPS) is 24.1. The van der Waals surface area contributed by atoms with Crippen molar-refractivity contribution in [1.29, 1.82) is 0 Å². The van der Waals surface area contributed by atoms with Gasteiger partial charge in [0.2, 0.25) is 0 Å². The van der Waals surface area contributed by atoms with Gasteiger partial charge in [-0.3, -0.25) is 9.59 Å². The molecule has 0 spiro atoms. The number of alkyl halides is 6. The van der Waals surface area contributed by atoms with Gasteiger partial charge in [0.15, 0.2) is 0 Å². The van der Waals surface area contributed by atoms with Gasteiger partial charge in [-0.1, -0.05) is 72.8 Å². The Hall–Kier alpha value is -4.70. The number of rotatable bonds is 8. The van der Waals surface area contributed by atoms with E-state index in [-0.39, 0.29) is 45.7 Å². The van der Waals surface area contributed by atoms with Crippen LogP contribution in [0.3, 0.4) is 0 Å². The van der Waals surface area contributed by atoms with Crippen LogP contribution in [0.1, 0.15) is 97.6 Å². The molecule has 4 aromatic rings. The molecule has 0 N–H and O–H groups in total. The number of hydrogen-bond acceptors (Lipinski definition) is 8. The minimum Gasteiger partial charge on any atom is -0.376 e. The van der Waals surface area contributed by atoms with E-state index in [1.165, 1.54) is 24.3 Å². The minimum atomic E-state index is -5.73. The maximum atomic E-state index is 12.7. The second kappa shape index (κ2) is 17.5. The third kappa shape index (κ3) is 9.46. The Bertz CT molecular complexity index is 2330. The highest BCUT2D eigenvalue weighted by molar-refractivity contribution is 7.88. The zero-order valence-electron chi connectivity index (χ0n) is 33.6. The van der Waals surface area contributed by atoms with Crippen molar-refractivity contribution in [2.75, 3.05) is 0 Å². The molecule has 16 heteroatoms. The Kier molecular flexibility index (Phi) is 12.8. The number of ketones is 2. The van der Waals surface area contributed by atoms with Gasteiger partial charge in [-0.25, -0.2) is 0 Å². The fourth-order valence-electron chi connectivity index (χ4n) is 10.4. The van der Waals surface area contributed by atoms with E-state index >= 15 is 0 Å². The minimum absolute atomic E-state index is 0.140. The van der Waals surface area contributed by atoms with Crippen LogP contribution >= 0.6 is 0 Å². The molecule has 4 atom stereocenters. The smallest absolute Gasteiger partial charge is 0.376 e. The summed E-state index contributed by atoms with van der Waals surface area (Å²) >= 11 is 0. The Morgan fingerprint density at radius 1 is 0.532 bits per heavy atom. The lowest BCUT2D eigenvalue weighted by atomic mass is 9.59. The predicted molar refractivity (Wildman–Crippen MR) is 218 cm³/mol. The fourth-order valence-corrected chi connectivity index (χ4v) is 11.3. The van der Waals surface area contributed by atoms with Crippen LogP contribution < -0.4 is 8.37 Å². The van der Waals surface area contributed by atoms with Gasteiger partial charge < -0.3 is 8.37 Å². The molecule has 4 aliphatic rings. The van der Waals surface area contributed by atoms with Crippen molar-refractivity contribution >= 4 is 31.8 Å². The summed E-state index contributed by atoms with van der Waals surface area (Å²) in [5.41, 5.74) is -5.77. The van der Waals surface area contributed by atoms with Crippen LogP contribution in [-0.4, -0.2) is 39.4 Å². The van der Waals surface area contributed by atoms with Crippen LogP contribution in [0.5, 0.6) is 11.5 Å². The lowest BCUT2D eigenvalue weighted by molar-refractivity contribution is -0.124. The van der Waals surface area contributed by atoms with Crippen LogP contribution in [0.15, 0.2) is 97.1 Å². The first-order valence-corrected chi connectivity index (χ1v) is 23.4. The average molecular weight is 905 g/mol. The summed E-state index contributed by atoms with van der Waals surface area (Å²) in [5.74, 6) is 0.0935. The van der Waals surface area contributed by atoms with Crippen LogP contribution in [0, 0.1) is 11.8 Å². The molecule has 0 radical (unpaired) electrons. The third-order valence-electron chi connectivity index (χ3n) is 13.1. The number of aryl methyl sites for hydroxylation is 2. The summed E-state index contributed by atoms with van der Waals surface area (Å²) in [6.07, 6.45) is 9.10. The number of benzene rings is 4. The molecule has 62 heavy (non-hydrogen) atoms. The second-order valence-electron chi connectivity index (χ2n) is 16.9. The number of carbonyl (C=O) groups is 2. The molecular weight excluding hydrogens is 859 g/mol. The van der Waals surface area contributed by atoms with Crippen LogP contribution in [0.2, 0.25) is 0 Å². The predicted octanol–water partition coefficient (Wildman–Crippen LogP) is 10.2. The van der Waals surface area contributed by atoms with Gasteiger partial charge in [-0.15, -0.1) is 0 Å². The highest BCUT2D eigenvalue weighted by Crippen LogP contribution is 2.52. The maximum absolute atomic E-state index is 12.7. The van der Waals surface area contributed by atoms with Crippen molar-refractivity contribution in [3.63, 3.8) is 0 Å². The molecule has 2 fully saturated rings. The van der Waals surface area contributed by atoms with Crippen molar-refractivity contribution in [2.24, 2.45) is 11.8 Å². The number of hydrogen-bond donors (Lipinski definition) is 0. The first kappa shape index (κ1) is 45.3. The molecule has 0 heterocycles. The Labute approximate surface area is 357 Å². The van der Waals surface area contributed by atoms with E-state index in [1.807, 2.05) is 60.7 Å². The number of carbonyl (C=O) groups excluding carboxylic acids is 2. The maximum Gasteiger partial charge on any atom is 0.534 e. The molecular formula is C46H46F6O8S2. The Morgan fingerprint density at radius 2 is 0.903 bits per heavy atom. The Morgan fingerprint density at radius 3 is 1.26 bits per heavy atom. The number of fused-ring (bicyclic) bond motifs is 6. The van der Waals surface area contributed by atoms with Gasteiger partial charge >= 0.3 is 31.3 Å². The van der Waals surface area contributed by atoms with Gasteiger partial charge in [0.1, 0.15) is 23.1 Å². The molecule has 332 valence electrons. The largest absolute Gasteiger partial charge is 0.534 e. The molecule has 0 amide bonds. The standard InChI is InChI=1S/2C23H23F3O4S/c2*24-23(25,26)31(28,29)30-20-9-10-21-17(13-20)7-4-8-18-14-19(27)11-12-22(18,21)15-16-5-2-1-3-6-16/h2*1-3,5-6,9-10,13,18H,4,7-8,11-12,14-15H2/t2*18-,22+/m10/s1. The highest BCUT2D eigenvalue weighted by atomic mass is 32.2. The highest BCUT2D eigenvalue weighted by Gasteiger charge is 2.51. The quantitative estimate of drug-likeness (QED) is 0.0974. The topological polar surface area (TPSA) is 121 Å². The molecule has 4 aromatic carbocycles. The van der Waals surface area contributed by atoms with Crippen LogP contribution in [0.25, 0.3) is 0 Å². The summed E-state index contributed by atoms with van der Waals surface area (Å²) < 4.78 is 131. The van der Waals surface area contributed by atoms with Crippen molar-refractivity contribution in [3.8, 4) is 11.5 Å². The van der Waals surface area contributed by atoms with Crippen molar-refractivity contribution in [3.05, 3.63) is 130 Å². The third-order valence-corrected chi connectivity index (χ3v) is 15.1. The fraction of sp³-hybridized carbons (Fsp3) is 0.435. The van der Waals surface area contributed by atoms with Gasteiger partial charge in [0, 0.05) is 36.5 Å². The second-order valence-corrected chi connectivity index (χ2v) is 20.0. The molecule has 4 aliphatic carbocycles. The van der Waals surface area contributed by atoms with Gasteiger partial charge in [0.25, 0.3) is 0 Å². The van der Waals surface area contributed by atoms with E-state index in [2.05, 4.69) is 8.37 Å². The van der Waals surface area contributed by atoms with Crippen molar-refractivity contribution < 1.29 is 61.1 Å². The molecule has 8 nitrogen and oxygen atoms in total. The zero-order valence-corrected chi connectivity index (χ0v) is 35.3. The van der Waals surface area contributed by atoms with E-state index in [9.17, 15) is 52.8 Å². The number of halogens is 6. The number of Topliss-reactive ketones (excluding diaryl/α,β-unsaturated/α-hetero) is 2. The summed E-state index contributed by atoms with van der Waals surface area (Å²) in [7, 11) is -11.5. The molecule has 0 saturated heterocycles. The van der Waals surface area contributed by atoms with E-state index in [0.29, 0.717) is 51.4 Å². The van der Waals surface area contributed by atoms with Gasteiger partial charge in [-0.2, -0.15) is 43.2 Å². The van der Waals surface area contributed by atoms with E-state index in [0.717, 1.165) is 71.9 Å². The average Bonchev–Trinajstić information content (AvgIpc) is 3.45. The summed E-state index contributed by atoms with van der Waals surface area (Å²) in [5, 5.41) is 0. The van der Waals surface area contributed by atoms with Crippen LogP contribution in [-0.2, 0) is 66.3 Å². The van der Waals surface area contributed by atoms with Gasteiger partial charge in [-0.05, 0) is 134 Å². The monoisotopic (exact) mass is 904 g/mol. The first-order valence-electron chi connectivity index (χ1n) is 20.6. The van der Waals surface area contributed by atoms with E-state index in [4.69, 9.17) is 0 Å². The molecule has 8 rings (SSSR count). The van der Waals surface area contributed by atoms with Crippen LogP contribution in [0.4, 0.5) is 26.3 Å². The molecule has 0 aromatic heterocycles. The lowest BCUT2D eigenvalue weighted by Crippen LogP contribution is -2.42. The lowest BCUT2D eigenvalue weighted by Gasteiger charge is -2.44. The molecule has 2 saturated carbocycles. The van der Waals surface area contributed by atoms with E-state index in [1.54, 1.807) is 12.1 Å². The molecule has 0 unspecified atom stereocenters. The van der Waals surface area contributed by atoms with Crippen molar-refractivity contribution in [1.82, 2.24) is 0 Å². The van der Waals surface area contributed by atoms with Gasteiger partial charge in [0.05, 0.1) is 0 Å². The molecule has 0 aliphatic heterocycles. The Balaban J connectivity index is 0.000000186. The zero-order chi connectivity index (χ0) is 44.6. The first-order chi connectivity index (χ1) is 29.2. The van der Waals surface area contributed by atoms with E-state index < -0.39 is 31.3 Å². The molecule has 0 bridgehead atoms. The van der Waals surface area contributed by atoms with Crippen molar-refractivity contribution in [2.45, 2.75) is 112 Å². The SMILES string of the molecule is O=C1CC[C@@]2(Cc3ccccc3)c3ccc(OS(=O)(=O)C(F)(F)F)cc3CCC[C@@H]2C1.O=C1CC[C@]2(Cc3ccccc3)c3ccc(OS(=O)(=O)C(F)(F)F)cc3CCC[C@H]2C1.